The largest absolute Gasteiger partial charge is 0.494 e. The van der Waals surface area contributed by atoms with Crippen LogP contribution in [0.2, 0.25) is 0 Å². The second-order valence-electron chi connectivity index (χ2n) is 6.01. The van der Waals surface area contributed by atoms with Gasteiger partial charge in [-0.2, -0.15) is 0 Å². The molecule has 0 aliphatic rings. The standard InChI is InChI=1S/C23H21NO4/c1-2-27-20-13-11-19(12-14-20)24-22(25)16-28-23(26)15-10-18-8-5-7-17-6-3-4-9-21(17)18/h3-15H,2,16H2,1H3,(H,24,25). The quantitative estimate of drug-likeness (QED) is 0.490. The Morgan fingerprint density at radius 3 is 2.50 bits per heavy atom. The third-order valence-corrected chi connectivity index (χ3v) is 4.02. The highest BCUT2D eigenvalue weighted by Crippen LogP contribution is 2.19. The summed E-state index contributed by atoms with van der Waals surface area (Å²) in [5, 5.41) is 4.80. The second kappa shape index (κ2) is 9.37. The molecule has 28 heavy (non-hydrogen) atoms. The Morgan fingerprint density at radius 1 is 0.964 bits per heavy atom. The van der Waals surface area contributed by atoms with Crippen LogP contribution in [0.5, 0.6) is 5.75 Å². The van der Waals surface area contributed by atoms with Crippen molar-refractivity contribution in [3.05, 3.63) is 78.4 Å². The van der Waals surface area contributed by atoms with Crippen LogP contribution in [0.1, 0.15) is 12.5 Å². The Morgan fingerprint density at radius 2 is 1.71 bits per heavy atom. The van der Waals surface area contributed by atoms with Crippen molar-refractivity contribution in [1.82, 2.24) is 0 Å². The van der Waals surface area contributed by atoms with E-state index in [1.165, 1.54) is 6.08 Å². The highest BCUT2D eigenvalue weighted by Gasteiger charge is 2.06. The van der Waals surface area contributed by atoms with Crippen LogP contribution in [0.3, 0.4) is 0 Å². The van der Waals surface area contributed by atoms with E-state index in [2.05, 4.69) is 5.32 Å². The molecule has 0 aliphatic carbocycles. The van der Waals surface area contributed by atoms with Crippen molar-refractivity contribution < 1.29 is 19.1 Å². The van der Waals surface area contributed by atoms with Gasteiger partial charge in [0.2, 0.25) is 0 Å². The van der Waals surface area contributed by atoms with Gasteiger partial charge in [0, 0.05) is 11.8 Å². The Labute approximate surface area is 163 Å². The molecule has 1 N–H and O–H groups in total. The summed E-state index contributed by atoms with van der Waals surface area (Å²) in [6.45, 7) is 2.12. The maximum absolute atomic E-state index is 11.9. The number of amides is 1. The van der Waals surface area contributed by atoms with Crippen LogP contribution in [-0.4, -0.2) is 25.1 Å². The highest BCUT2D eigenvalue weighted by atomic mass is 16.5. The van der Waals surface area contributed by atoms with E-state index in [4.69, 9.17) is 9.47 Å². The normalized spacial score (nSPS) is 10.8. The third kappa shape index (κ3) is 5.20. The lowest BCUT2D eigenvalue weighted by atomic mass is 10.0. The minimum Gasteiger partial charge on any atom is -0.494 e. The van der Waals surface area contributed by atoms with Gasteiger partial charge < -0.3 is 14.8 Å². The molecule has 0 aromatic heterocycles. The summed E-state index contributed by atoms with van der Waals surface area (Å²) in [5.74, 6) is -0.253. The summed E-state index contributed by atoms with van der Waals surface area (Å²) in [6, 6.07) is 20.8. The zero-order valence-corrected chi connectivity index (χ0v) is 15.6. The zero-order chi connectivity index (χ0) is 19.8. The van der Waals surface area contributed by atoms with Crippen LogP contribution in [-0.2, 0) is 14.3 Å². The fourth-order valence-corrected chi connectivity index (χ4v) is 2.74. The number of nitrogens with one attached hydrogen (secondary N) is 1. The first-order chi connectivity index (χ1) is 13.7. The van der Waals surface area contributed by atoms with Crippen LogP contribution in [0, 0.1) is 0 Å². The number of rotatable bonds is 7. The molecule has 0 unspecified atom stereocenters. The van der Waals surface area contributed by atoms with Crippen LogP contribution in [0.4, 0.5) is 5.69 Å². The van der Waals surface area contributed by atoms with Gasteiger partial charge >= 0.3 is 5.97 Å². The first-order valence-electron chi connectivity index (χ1n) is 9.01. The van der Waals surface area contributed by atoms with E-state index >= 15 is 0 Å². The molecule has 5 nitrogen and oxygen atoms in total. The molecule has 0 saturated carbocycles. The molecule has 0 atom stereocenters. The molecule has 142 valence electrons. The molecule has 0 spiro atoms. The van der Waals surface area contributed by atoms with E-state index in [-0.39, 0.29) is 6.61 Å². The summed E-state index contributed by atoms with van der Waals surface area (Å²) in [7, 11) is 0. The number of fused-ring (bicyclic) bond motifs is 1. The van der Waals surface area contributed by atoms with E-state index in [1.807, 2.05) is 49.4 Å². The minimum absolute atomic E-state index is 0.355. The number of esters is 1. The highest BCUT2D eigenvalue weighted by molar-refractivity contribution is 5.97. The SMILES string of the molecule is CCOc1ccc(NC(=O)COC(=O)C=Cc2cccc3ccccc23)cc1. The monoisotopic (exact) mass is 375 g/mol. The molecule has 3 rings (SSSR count). The molecule has 3 aromatic carbocycles. The van der Waals surface area contributed by atoms with Crippen molar-refractivity contribution in [3.63, 3.8) is 0 Å². The van der Waals surface area contributed by atoms with E-state index in [9.17, 15) is 9.59 Å². The predicted octanol–water partition coefficient (Wildman–Crippen LogP) is 4.43. The molecule has 0 fully saturated rings. The lowest BCUT2D eigenvalue weighted by Gasteiger charge is -2.07. The zero-order valence-electron chi connectivity index (χ0n) is 15.6. The van der Waals surface area contributed by atoms with Gasteiger partial charge in [-0.15, -0.1) is 0 Å². The second-order valence-corrected chi connectivity index (χ2v) is 6.01. The molecule has 3 aromatic rings. The molecule has 5 heteroatoms. The van der Waals surface area contributed by atoms with Crippen molar-refractivity contribution in [1.29, 1.82) is 0 Å². The molecule has 0 bridgehead atoms. The lowest BCUT2D eigenvalue weighted by Crippen LogP contribution is -2.20. The van der Waals surface area contributed by atoms with Crippen molar-refractivity contribution in [2.45, 2.75) is 6.92 Å². The number of hydrogen-bond acceptors (Lipinski definition) is 4. The summed E-state index contributed by atoms with van der Waals surface area (Å²) >= 11 is 0. The Balaban J connectivity index is 1.52. The summed E-state index contributed by atoms with van der Waals surface area (Å²) in [6.07, 6.45) is 3.01. The van der Waals surface area contributed by atoms with Gasteiger partial charge in [-0.05, 0) is 53.6 Å². The summed E-state index contributed by atoms with van der Waals surface area (Å²) in [4.78, 5) is 23.9. The summed E-state index contributed by atoms with van der Waals surface area (Å²) < 4.78 is 10.4. The van der Waals surface area contributed by atoms with Gasteiger partial charge in [0.15, 0.2) is 6.61 Å². The first kappa shape index (κ1) is 19.2. The summed E-state index contributed by atoms with van der Waals surface area (Å²) in [5.41, 5.74) is 1.52. The Bertz CT molecular complexity index is 988. The van der Waals surface area contributed by atoms with Crippen molar-refractivity contribution in [2.24, 2.45) is 0 Å². The number of hydrogen-bond donors (Lipinski definition) is 1. The smallest absolute Gasteiger partial charge is 0.331 e. The number of carbonyl (C=O) groups is 2. The lowest BCUT2D eigenvalue weighted by molar-refractivity contribution is -0.142. The topological polar surface area (TPSA) is 64.6 Å². The number of benzene rings is 3. The van der Waals surface area contributed by atoms with Crippen molar-refractivity contribution in [2.75, 3.05) is 18.5 Å². The molecule has 0 radical (unpaired) electrons. The van der Waals surface area contributed by atoms with E-state index < -0.39 is 11.9 Å². The van der Waals surface area contributed by atoms with E-state index in [0.29, 0.717) is 12.3 Å². The van der Waals surface area contributed by atoms with Crippen LogP contribution in [0.25, 0.3) is 16.8 Å². The maximum Gasteiger partial charge on any atom is 0.331 e. The van der Waals surface area contributed by atoms with Crippen molar-refractivity contribution >= 4 is 34.4 Å². The van der Waals surface area contributed by atoms with Gasteiger partial charge in [-0.3, -0.25) is 4.79 Å². The van der Waals surface area contributed by atoms with Gasteiger partial charge in [0.1, 0.15) is 5.75 Å². The average molecular weight is 375 g/mol. The molecule has 0 heterocycles. The minimum atomic E-state index is -0.574. The van der Waals surface area contributed by atoms with Gasteiger partial charge in [-0.1, -0.05) is 42.5 Å². The van der Waals surface area contributed by atoms with Crippen LogP contribution >= 0.6 is 0 Å². The number of anilines is 1. The van der Waals surface area contributed by atoms with Crippen LogP contribution < -0.4 is 10.1 Å². The molecule has 0 aliphatic heterocycles. The maximum atomic E-state index is 11.9. The van der Waals surface area contributed by atoms with Gasteiger partial charge in [-0.25, -0.2) is 4.79 Å². The fourth-order valence-electron chi connectivity index (χ4n) is 2.74. The first-order valence-corrected chi connectivity index (χ1v) is 9.01. The number of ether oxygens (including phenoxy) is 2. The fraction of sp³-hybridized carbons (Fsp3) is 0.130. The van der Waals surface area contributed by atoms with E-state index in [1.54, 1.807) is 30.3 Å². The molecule has 0 saturated heterocycles. The number of carbonyl (C=O) groups excluding carboxylic acids is 2. The Hall–Kier alpha value is -3.60. The predicted molar refractivity (Wildman–Crippen MR) is 110 cm³/mol. The van der Waals surface area contributed by atoms with Crippen molar-refractivity contribution in [3.8, 4) is 5.75 Å². The van der Waals surface area contributed by atoms with Gasteiger partial charge in [0.25, 0.3) is 5.91 Å². The average Bonchev–Trinajstić information content (AvgIpc) is 2.72. The third-order valence-electron chi connectivity index (χ3n) is 4.02. The molecular formula is C23H21NO4. The van der Waals surface area contributed by atoms with Crippen LogP contribution in [0.15, 0.2) is 72.8 Å². The van der Waals surface area contributed by atoms with Gasteiger partial charge in [0.05, 0.1) is 6.61 Å². The van der Waals surface area contributed by atoms with E-state index in [0.717, 1.165) is 22.1 Å². The molecule has 1 amide bonds. The molecular weight excluding hydrogens is 354 g/mol. The Kier molecular flexibility index (Phi) is 6.41.